The Balaban J connectivity index is 2.27. The Kier molecular flexibility index (Phi) is 6.53. The molecule has 0 saturated carbocycles. The van der Waals surface area contributed by atoms with Crippen LogP contribution in [0.3, 0.4) is 0 Å². The second-order valence-corrected chi connectivity index (χ2v) is 8.78. The summed E-state index contributed by atoms with van der Waals surface area (Å²) in [5.41, 5.74) is 1.13. The summed E-state index contributed by atoms with van der Waals surface area (Å²) in [7, 11) is 1.20. The summed E-state index contributed by atoms with van der Waals surface area (Å²) >= 11 is 0. The van der Waals surface area contributed by atoms with Gasteiger partial charge >= 0.3 is 5.97 Å². The lowest BCUT2D eigenvalue weighted by Crippen LogP contribution is -2.29. The minimum atomic E-state index is -1.04. The van der Waals surface area contributed by atoms with E-state index in [9.17, 15) is 14.7 Å². The zero-order valence-electron chi connectivity index (χ0n) is 19.3. The molecule has 0 aliphatic heterocycles. The van der Waals surface area contributed by atoms with Gasteiger partial charge in [-0.3, -0.25) is 9.79 Å². The number of aliphatic imine (C=N–C) groups is 1. The average molecular weight is 435 g/mol. The van der Waals surface area contributed by atoms with Gasteiger partial charge in [0.25, 0.3) is 0 Å². The van der Waals surface area contributed by atoms with Gasteiger partial charge in [-0.2, -0.15) is 0 Å². The third-order valence-corrected chi connectivity index (χ3v) is 5.54. The van der Waals surface area contributed by atoms with E-state index >= 15 is 0 Å². The van der Waals surface area contributed by atoms with Crippen LogP contribution < -0.4 is 9.84 Å². The first-order chi connectivity index (χ1) is 15.0. The number of nitrogens with zero attached hydrogens (tertiary/aromatic N) is 1. The number of fused-ring (bicyclic) bond motifs is 2. The van der Waals surface area contributed by atoms with E-state index in [1.165, 1.54) is 14.0 Å². The molecule has 1 atom stereocenters. The predicted molar refractivity (Wildman–Crippen MR) is 124 cm³/mol. The average Bonchev–Trinajstić information content (AvgIpc) is 2.70. The summed E-state index contributed by atoms with van der Waals surface area (Å²) in [6.45, 7) is 8.90. The van der Waals surface area contributed by atoms with Crippen LogP contribution in [0.1, 0.15) is 45.2 Å². The summed E-state index contributed by atoms with van der Waals surface area (Å²) in [4.78, 5) is 28.6. The highest BCUT2D eigenvalue weighted by molar-refractivity contribution is 6.03. The molecule has 0 aliphatic carbocycles. The number of carbonyl (C=O) groups is 2. The highest BCUT2D eigenvalue weighted by atomic mass is 16.6. The van der Waals surface area contributed by atoms with Crippen molar-refractivity contribution >= 4 is 39.4 Å². The standard InChI is InChI=1S/C26H29NO5/c1-15-11-20-12-18-9-7-8-10-19(18)13-21(20)23(22(15)26(4,5)14-16(2)28)32-24(29)17(3)27-25(30)31-6/h7-13,17H,14H2,1-6H3,(H,27,30)/p-1. The van der Waals surface area contributed by atoms with E-state index in [0.717, 1.165) is 32.7 Å². The molecule has 3 aromatic rings. The smallest absolute Gasteiger partial charge is 0.336 e. The number of Topliss-reactive ketones (excluding diaryl/α,β-unsaturated/α-hetero) is 1. The van der Waals surface area contributed by atoms with E-state index < -0.39 is 23.5 Å². The molecule has 0 saturated heterocycles. The highest BCUT2D eigenvalue weighted by Crippen LogP contribution is 2.43. The Hall–Kier alpha value is -3.41. The van der Waals surface area contributed by atoms with Crippen LogP contribution in [0, 0.1) is 6.92 Å². The van der Waals surface area contributed by atoms with Gasteiger partial charge < -0.3 is 14.6 Å². The zero-order valence-corrected chi connectivity index (χ0v) is 19.3. The molecule has 0 N–H and O–H groups in total. The molecule has 3 aromatic carbocycles. The molecule has 1 unspecified atom stereocenters. The van der Waals surface area contributed by atoms with Crippen LogP contribution in [0.15, 0.2) is 47.5 Å². The topological polar surface area (TPSA) is 88.0 Å². The summed E-state index contributed by atoms with van der Waals surface area (Å²) in [6.07, 6.45) is -0.550. The van der Waals surface area contributed by atoms with E-state index in [2.05, 4.69) is 21.9 Å². The number of rotatable bonds is 6. The van der Waals surface area contributed by atoms with Crippen LogP contribution in [0.5, 0.6) is 5.75 Å². The van der Waals surface area contributed by atoms with Crippen LogP contribution in [-0.4, -0.2) is 31.0 Å². The number of esters is 1. The van der Waals surface area contributed by atoms with Crippen LogP contribution >= 0.6 is 0 Å². The van der Waals surface area contributed by atoms with Crippen LogP contribution in [0.4, 0.5) is 0 Å². The molecule has 3 rings (SSSR count). The van der Waals surface area contributed by atoms with E-state index in [0.29, 0.717) is 12.2 Å². The maximum atomic E-state index is 12.9. The quantitative estimate of drug-likeness (QED) is 0.191. The summed E-state index contributed by atoms with van der Waals surface area (Å²) < 4.78 is 10.4. The molecule has 0 aliphatic rings. The van der Waals surface area contributed by atoms with Gasteiger partial charge in [-0.25, -0.2) is 4.79 Å². The van der Waals surface area contributed by atoms with E-state index in [-0.39, 0.29) is 5.78 Å². The number of ether oxygens (including phenoxy) is 2. The molecule has 0 fully saturated rings. The molecule has 6 heteroatoms. The fraction of sp³-hybridized carbons (Fsp3) is 0.346. The number of carbonyl (C=O) groups excluding carboxylic acids is 2. The van der Waals surface area contributed by atoms with Crippen LogP contribution in [-0.2, 0) is 19.7 Å². The fourth-order valence-corrected chi connectivity index (χ4v) is 4.30. The van der Waals surface area contributed by atoms with Crippen molar-refractivity contribution in [3.63, 3.8) is 0 Å². The van der Waals surface area contributed by atoms with Crippen molar-refractivity contribution in [2.24, 2.45) is 4.99 Å². The van der Waals surface area contributed by atoms with Gasteiger partial charge in [0.15, 0.2) is 0 Å². The Bertz CT molecular complexity index is 1230. The minimum absolute atomic E-state index is 0.0411. The molecule has 0 spiro atoms. The van der Waals surface area contributed by atoms with Crippen molar-refractivity contribution < 1.29 is 24.2 Å². The number of hydrogen-bond acceptors (Lipinski definition) is 6. The third-order valence-electron chi connectivity index (χ3n) is 5.54. The van der Waals surface area contributed by atoms with Crippen molar-refractivity contribution in [3.8, 4) is 5.75 Å². The second kappa shape index (κ2) is 8.99. The van der Waals surface area contributed by atoms with Crippen LogP contribution in [0.2, 0.25) is 0 Å². The van der Waals surface area contributed by atoms with Gasteiger partial charge in [0.1, 0.15) is 23.7 Å². The molecule has 0 aromatic heterocycles. The number of benzene rings is 3. The first kappa shape index (κ1) is 23.3. The summed E-state index contributed by atoms with van der Waals surface area (Å²) in [5.74, 6) is -0.233. The van der Waals surface area contributed by atoms with Crippen molar-refractivity contribution in [1.82, 2.24) is 0 Å². The Morgan fingerprint density at radius 3 is 2.31 bits per heavy atom. The van der Waals surface area contributed by atoms with Gasteiger partial charge in [0, 0.05) is 22.8 Å². The molecular formula is C26H28NO5-. The molecular weight excluding hydrogens is 406 g/mol. The largest absolute Gasteiger partial charge is 0.604 e. The second-order valence-electron chi connectivity index (χ2n) is 8.78. The van der Waals surface area contributed by atoms with E-state index in [1.807, 2.05) is 51.1 Å². The summed E-state index contributed by atoms with van der Waals surface area (Å²) in [5, 5.41) is 15.3. The predicted octanol–water partition coefficient (Wildman–Crippen LogP) is 4.21. The molecule has 32 heavy (non-hydrogen) atoms. The van der Waals surface area contributed by atoms with Crippen LogP contribution in [0.25, 0.3) is 21.5 Å². The van der Waals surface area contributed by atoms with Crippen molar-refractivity contribution in [3.05, 3.63) is 53.6 Å². The van der Waals surface area contributed by atoms with E-state index in [1.54, 1.807) is 6.92 Å². The van der Waals surface area contributed by atoms with Crippen molar-refractivity contribution in [2.45, 2.75) is 52.5 Å². The molecule has 0 amide bonds. The summed E-state index contributed by atoms with van der Waals surface area (Å²) in [6, 6.07) is 13.0. The first-order valence-electron chi connectivity index (χ1n) is 10.5. The Labute approximate surface area is 187 Å². The fourth-order valence-electron chi connectivity index (χ4n) is 4.30. The van der Waals surface area contributed by atoms with Gasteiger partial charge in [-0.1, -0.05) is 44.2 Å². The van der Waals surface area contributed by atoms with E-state index in [4.69, 9.17) is 4.74 Å². The van der Waals surface area contributed by atoms with Gasteiger partial charge in [0.2, 0.25) is 0 Å². The third kappa shape index (κ3) is 4.74. The van der Waals surface area contributed by atoms with Gasteiger partial charge in [-0.05, 0) is 61.7 Å². The highest BCUT2D eigenvalue weighted by Gasteiger charge is 2.31. The molecule has 0 bridgehead atoms. The van der Waals surface area contributed by atoms with Crippen molar-refractivity contribution in [2.75, 3.05) is 7.11 Å². The molecule has 0 radical (unpaired) electrons. The number of hydrogen-bond donors (Lipinski definition) is 0. The zero-order chi connectivity index (χ0) is 23.6. The Morgan fingerprint density at radius 1 is 1.09 bits per heavy atom. The lowest BCUT2D eigenvalue weighted by molar-refractivity contribution is -0.248. The number of aryl methyl sites for hydroxylation is 1. The molecule has 6 nitrogen and oxygen atoms in total. The monoisotopic (exact) mass is 434 g/mol. The molecule has 168 valence electrons. The lowest BCUT2D eigenvalue weighted by atomic mass is 9.76. The maximum Gasteiger partial charge on any atom is 0.336 e. The number of methoxy groups -OCH3 is 1. The van der Waals surface area contributed by atoms with Crippen molar-refractivity contribution in [1.29, 1.82) is 0 Å². The van der Waals surface area contributed by atoms with Gasteiger partial charge in [0.05, 0.1) is 0 Å². The molecule has 0 heterocycles. The van der Waals surface area contributed by atoms with Gasteiger partial charge in [-0.15, -0.1) is 0 Å². The maximum absolute atomic E-state index is 12.9. The first-order valence-corrected chi connectivity index (χ1v) is 10.5. The number of ketones is 1. The normalized spacial score (nSPS) is 13.2. The Morgan fingerprint density at radius 2 is 1.72 bits per heavy atom. The minimum Gasteiger partial charge on any atom is -0.604 e. The SMILES string of the molecule is COC([O-])=NC(C)C(=O)Oc1c(C(C)(C)CC(C)=O)c(C)cc2cc3ccccc3cc12. The lowest BCUT2D eigenvalue weighted by Gasteiger charge is -2.29.